The van der Waals surface area contributed by atoms with Crippen molar-refractivity contribution in [2.45, 2.75) is 30.8 Å². The summed E-state index contributed by atoms with van der Waals surface area (Å²) in [7, 11) is 0. The number of rotatable bonds is 6. The highest BCUT2D eigenvalue weighted by Gasteiger charge is 2.19. The van der Waals surface area contributed by atoms with Crippen LogP contribution in [0.2, 0.25) is 5.02 Å². The minimum Gasteiger partial charge on any atom is -0.310 e. The van der Waals surface area contributed by atoms with Crippen LogP contribution in [0.4, 0.5) is 5.82 Å². The smallest absolute Gasteiger partial charge is 0.238 e. The molecule has 0 aliphatic heterocycles. The molecule has 0 fully saturated rings. The second kappa shape index (κ2) is 7.42. The van der Waals surface area contributed by atoms with Crippen LogP contribution in [0.3, 0.4) is 0 Å². The molecule has 22 heavy (non-hydrogen) atoms. The molecule has 1 amide bonds. The largest absolute Gasteiger partial charge is 0.310 e. The first-order chi connectivity index (χ1) is 10.5. The van der Waals surface area contributed by atoms with Gasteiger partial charge in [-0.2, -0.15) is 0 Å². The monoisotopic (exact) mass is 337 g/mol. The van der Waals surface area contributed by atoms with Gasteiger partial charge in [-0.15, -0.1) is 16.8 Å². The number of allylic oxidation sites excluding steroid dienone is 1. The van der Waals surface area contributed by atoms with E-state index in [-0.39, 0.29) is 11.2 Å². The predicted molar refractivity (Wildman–Crippen MR) is 88.2 cm³/mol. The second-order valence-electron chi connectivity index (χ2n) is 4.54. The van der Waals surface area contributed by atoms with Crippen molar-refractivity contribution >= 4 is 35.1 Å². The van der Waals surface area contributed by atoms with Gasteiger partial charge in [0.25, 0.3) is 0 Å². The fraction of sp³-hybridized carbons (Fsp3) is 0.286. The van der Waals surface area contributed by atoms with E-state index in [4.69, 9.17) is 11.6 Å². The summed E-state index contributed by atoms with van der Waals surface area (Å²) in [6.45, 7) is 7.98. The van der Waals surface area contributed by atoms with E-state index in [1.54, 1.807) is 25.1 Å². The Morgan fingerprint density at radius 3 is 2.95 bits per heavy atom. The van der Waals surface area contributed by atoms with Crippen molar-refractivity contribution in [3.8, 4) is 0 Å². The quantitative estimate of drug-likeness (QED) is 0.648. The van der Waals surface area contributed by atoms with Gasteiger partial charge in [0.2, 0.25) is 5.91 Å². The zero-order valence-electron chi connectivity index (χ0n) is 12.3. The average molecular weight is 338 g/mol. The number of halogens is 1. The number of anilines is 1. The fourth-order valence-electron chi connectivity index (χ4n) is 1.68. The Bertz CT molecular complexity index is 670. The van der Waals surface area contributed by atoms with Gasteiger partial charge in [-0.3, -0.25) is 4.79 Å². The van der Waals surface area contributed by atoms with Gasteiger partial charge >= 0.3 is 0 Å². The number of carbonyl (C=O) groups excluding carboxylic acids is 1. The Hall–Kier alpha value is -1.86. The number of pyridine rings is 1. The van der Waals surface area contributed by atoms with Crippen LogP contribution in [-0.2, 0) is 11.3 Å². The van der Waals surface area contributed by atoms with E-state index in [1.165, 1.54) is 18.0 Å². The van der Waals surface area contributed by atoms with Crippen LogP contribution in [0.1, 0.15) is 12.7 Å². The zero-order valence-corrected chi connectivity index (χ0v) is 13.9. The number of nitrogens with one attached hydrogen (secondary N) is 1. The van der Waals surface area contributed by atoms with Crippen molar-refractivity contribution in [2.24, 2.45) is 0 Å². The van der Waals surface area contributed by atoms with E-state index in [2.05, 4.69) is 27.1 Å². The summed E-state index contributed by atoms with van der Waals surface area (Å²) in [4.78, 5) is 16.2. The van der Waals surface area contributed by atoms with Crippen molar-refractivity contribution in [2.75, 3.05) is 5.32 Å². The first-order valence-corrected chi connectivity index (χ1v) is 7.86. The first kappa shape index (κ1) is 16.5. The van der Waals surface area contributed by atoms with Crippen LogP contribution >= 0.6 is 23.4 Å². The van der Waals surface area contributed by atoms with Gasteiger partial charge in [-0.05, 0) is 26.0 Å². The molecule has 1 atom stereocenters. The molecule has 0 spiro atoms. The van der Waals surface area contributed by atoms with Crippen LogP contribution in [0.15, 0.2) is 36.1 Å². The van der Waals surface area contributed by atoms with Gasteiger partial charge in [0.05, 0.1) is 10.3 Å². The Morgan fingerprint density at radius 2 is 2.32 bits per heavy atom. The SMILES string of the molecule is C=CCn1c(C)nnc1S[C@@H](C)C(=O)Nc1ccc(Cl)cn1. The molecule has 0 saturated carbocycles. The lowest BCUT2D eigenvalue weighted by atomic mass is 10.4. The molecule has 0 unspecified atom stereocenters. The lowest BCUT2D eigenvalue weighted by Gasteiger charge is -2.12. The molecule has 8 heteroatoms. The molecule has 2 aromatic rings. The molecular weight excluding hydrogens is 322 g/mol. The Labute approximate surface area is 138 Å². The van der Waals surface area contributed by atoms with Crippen molar-refractivity contribution in [3.05, 3.63) is 41.8 Å². The summed E-state index contributed by atoms with van der Waals surface area (Å²) in [5, 5.41) is 11.7. The van der Waals surface area contributed by atoms with Crippen LogP contribution in [0.5, 0.6) is 0 Å². The Kier molecular flexibility index (Phi) is 5.57. The highest BCUT2D eigenvalue weighted by Crippen LogP contribution is 2.23. The molecule has 0 radical (unpaired) electrons. The van der Waals surface area contributed by atoms with E-state index in [9.17, 15) is 4.79 Å². The molecule has 2 aromatic heterocycles. The maximum atomic E-state index is 12.2. The predicted octanol–water partition coefficient (Wildman–Crippen LogP) is 2.94. The molecule has 0 saturated heterocycles. The fourth-order valence-corrected chi connectivity index (χ4v) is 2.69. The molecule has 2 heterocycles. The Balaban J connectivity index is 2.02. The topological polar surface area (TPSA) is 72.7 Å². The van der Waals surface area contributed by atoms with Gasteiger partial charge in [0.15, 0.2) is 5.16 Å². The summed E-state index contributed by atoms with van der Waals surface area (Å²) >= 11 is 7.10. The number of carbonyl (C=O) groups is 1. The van der Waals surface area contributed by atoms with Crippen molar-refractivity contribution in [1.29, 1.82) is 0 Å². The lowest BCUT2D eigenvalue weighted by molar-refractivity contribution is -0.115. The molecule has 1 N–H and O–H groups in total. The zero-order chi connectivity index (χ0) is 16.1. The summed E-state index contributed by atoms with van der Waals surface area (Å²) < 4.78 is 1.90. The third kappa shape index (κ3) is 4.08. The number of hydrogen-bond acceptors (Lipinski definition) is 5. The number of aromatic nitrogens is 4. The highest BCUT2D eigenvalue weighted by atomic mass is 35.5. The van der Waals surface area contributed by atoms with E-state index < -0.39 is 0 Å². The number of amides is 1. The molecule has 6 nitrogen and oxygen atoms in total. The Morgan fingerprint density at radius 1 is 1.55 bits per heavy atom. The summed E-state index contributed by atoms with van der Waals surface area (Å²) in [6.07, 6.45) is 3.25. The minimum atomic E-state index is -0.343. The summed E-state index contributed by atoms with van der Waals surface area (Å²) in [5.41, 5.74) is 0. The number of nitrogens with zero attached hydrogens (tertiary/aromatic N) is 4. The van der Waals surface area contributed by atoms with E-state index >= 15 is 0 Å². The van der Waals surface area contributed by atoms with Crippen LogP contribution in [0, 0.1) is 6.92 Å². The van der Waals surface area contributed by atoms with E-state index in [1.807, 2.05) is 11.5 Å². The first-order valence-electron chi connectivity index (χ1n) is 6.61. The standard InChI is InChI=1S/C14H16ClN5OS/c1-4-7-20-10(3)18-19-14(20)22-9(2)13(21)17-12-6-5-11(15)8-16-12/h4-6,8-9H,1,7H2,2-3H3,(H,16,17,21)/t9-/m0/s1. The van der Waals surface area contributed by atoms with Gasteiger partial charge in [-0.25, -0.2) is 4.98 Å². The minimum absolute atomic E-state index is 0.161. The molecule has 0 aliphatic carbocycles. The average Bonchev–Trinajstić information content (AvgIpc) is 2.83. The second-order valence-corrected chi connectivity index (χ2v) is 6.28. The van der Waals surface area contributed by atoms with Gasteiger partial charge < -0.3 is 9.88 Å². The molecule has 0 bridgehead atoms. The van der Waals surface area contributed by atoms with Crippen molar-refractivity contribution in [1.82, 2.24) is 19.7 Å². The van der Waals surface area contributed by atoms with Crippen LogP contribution < -0.4 is 5.32 Å². The van der Waals surface area contributed by atoms with Crippen molar-refractivity contribution in [3.63, 3.8) is 0 Å². The maximum Gasteiger partial charge on any atom is 0.238 e. The number of hydrogen-bond donors (Lipinski definition) is 1. The molecule has 2 rings (SSSR count). The van der Waals surface area contributed by atoms with Gasteiger partial charge in [-0.1, -0.05) is 29.4 Å². The van der Waals surface area contributed by atoms with Crippen molar-refractivity contribution < 1.29 is 4.79 Å². The third-order valence-electron chi connectivity index (χ3n) is 2.84. The van der Waals surface area contributed by atoms with Crippen LogP contribution in [0.25, 0.3) is 0 Å². The molecule has 116 valence electrons. The highest BCUT2D eigenvalue weighted by molar-refractivity contribution is 8.00. The van der Waals surface area contributed by atoms with Crippen LogP contribution in [-0.4, -0.2) is 30.9 Å². The third-order valence-corrected chi connectivity index (χ3v) is 4.15. The lowest BCUT2D eigenvalue weighted by Crippen LogP contribution is -2.23. The summed E-state index contributed by atoms with van der Waals surface area (Å²) in [5.74, 6) is 1.09. The molecule has 0 aliphatic rings. The number of thioether (sulfide) groups is 1. The summed E-state index contributed by atoms with van der Waals surface area (Å²) in [6, 6.07) is 3.33. The van der Waals surface area contributed by atoms with E-state index in [0.29, 0.717) is 22.5 Å². The molecule has 0 aromatic carbocycles. The van der Waals surface area contributed by atoms with Gasteiger partial charge in [0.1, 0.15) is 11.6 Å². The number of aryl methyl sites for hydroxylation is 1. The van der Waals surface area contributed by atoms with Gasteiger partial charge in [0, 0.05) is 12.7 Å². The normalized spacial score (nSPS) is 12.0. The van der Waals surface area contributed by atoms with E-state index in [0.717, 1.165) is 5.82 Å². The maximum absolute atomic E-state index is 12.2. The molecular formula is C14H16ClN5OS.